The van der Waals surface area contributed by atoms with E-state index in [4.69, 9.17) is 23.7 Å². The summed E-state index contributed by atoms with van der Waals surface area (Å²) < 4.78 is 31.3. The average Bonchev–Trinajstić information content (AvgIpc) is 3.66. The van der Waals surface area contributed by atoms with E-state index in [-0.39, 0.29) is 30.3 Å². The molecule has 9 nitrogen and oxygen atoms in total. The Morgan fingerprint density at radius 1 is 0.827 bits per heavy atom. The summed E-state index contributed by atoms with van der Waals surface area (Å²) in [7, 11) is 1.68. The highest BCUT2D eigenvalue weighted by Gasteiger charge is 2.48. The molecule has 274 valence electrons. The van der Waals surface area contributed by atoms with Crippen molar-refractivity contribution in [1.82, 2.24) is 0 Å². The van der Waals surface area contributed by atoms with E-state index in [0.29, 0.717) is 48.9 Å². The zero-order chi connectivity index (χ0) is 35.8. The van der Waals surface area contributed by atoms with E-state index in [2.05, 4.69) is 0 Å². The molecule has 0 aromatic heterocycles. The van der Waals surface area contributed by atoms with E-state index in [0.717, 1.165) is 84.1 Å². The third-order valence-electron chi connectivity index (χ3n) is 11.3. The SMILES string of the molecule is COCCCC1Oc2ccc3c(c2C(O)C1C1COc2c(Cc4cc(O)ccc4-c4cccc(O)c4)cc(OC4CCCC4)cc2C1O)CCCO3. The minimum Gasteiger partial charge on any atom is -0.508 e. The maximum absolute atomic E-state index is 12.4. The highest BCUT2D eigenvalue weighted by molar-refractivity contribution is 5.70. The highest BCUT2D eigenvalue weighted by Crippen LogP contribution is 2.53. The molecule has 1 aliphatic carbocycles. The second kappa shape index (κ2) is 14.9. The van der Waals surface area contributed by atoms with Gasteiger partial charge in [-0.25, -0.2) is 0 Å². The lowest BCUT2D eigenvalue weighted by Crippen LogP contribution is -2.46. The van der Waals surface area contributed by atoms with Crippen molar-refractivity contribution in [3.63, 3.8) is 0 Å². The first-order valence-electron chi connectivity index (χ1n) is 18.8. The molecule has 1 fully saturated rings. The van der Waals surface area contributed by atoms with E-state index < -0.39 is 24.0 Å². The smallest absolute Gasteiger partial charge is 0.128 e. The zero-order valence-electron chi connectivity index (χ0n) is 29.6. The predicted octanol–water partition coefficient (Wildman–Crippen LogP) is 7.58. The van der Waals surface area contributed by atoms with Gasteiger partial charge in [-0.05, 0) is 117 Å². The van der Waals surface area contributed by atoms with Crippen LogP contribution >= 0.6 is 0 Å². The van der Waals surface area contributed by atoms with Crippen LogP contribution in [0.2, 0.25) is 0 Å². The number of rotatable bonds is 10. The number of benzene rings is 4. The highest BCUT2D eigenvalue weighted by atomic mass is 16.5. The Morgan fingerprint density at radius 2 is 1.65 bits per heavy atom. The van der Waals surface area contributed by atoms with Crippen molar-refractivity contribution in [3.8, 4) is 45.6 Å². The van der Waals surface area contributed by atoms with Crippen molar-refractivity contribution in [2.75, 3.05) is 26.9 Å². The lowest BCUT2D eigenvalue weighted by atomic mass is 9.71. The fourth-order valence-electron chi connectivity index (χ4n) is 8.89. The minimum atomic E-state index is -0.977. The Labute approximate surface area is 304 Å². The van der Waals surface area contributed by atoms with Crippen LogP contribution < -0.4 is 18.9 Å². The summed E-state index contributed by atoms with van der Waals surface area (Å²) in [5, 5.41) is 45.6. The van der Waals surface area contributed by atoms with Gasteiger partial charge in [-0.15, -0.1) is 0 Å². The quantitative estimate of drug-likeness (QED) is 0.123. The fraction of sp³-hybridized carbons (Fsp3) is 0.442. The van der Waals surface area contributed by atoms with E-state index in [1.165, 1.54) is 0 Å². The Balaban J connectivity index is 1.18. The van der Waals surface area contributed by atoms with E-state index in [1.807, 2.05) is 36.4 Å². The van der Waals surface area contributed by atoms with E-state index in [9.17, 15) is 20.4 Å². The van der Waals surface area contributed by atoms with Gasteiger partial charge in [-0.1, -0.05) is 18.2 Å². The molecule has 0 amide bonds. The molecule has 9 heteroatoms. The molecular formula is C43H48O9. The lowest BCUT2D eigenvalue weighted by Gasteiger charge is -2.45. The topological polar surface area (TPSA) is 127 Å². The summed E-state index contributed by atoms with van der Waals surface area (Å²) in [4.78, 5) is 0. The number of aromatic hydroxyl groups is 2. The minimum absolute atomic E-state index is 0.0932. The Bertz CT molecular complexity index is 1900. The van der Waals surface area contributed by atoms with E-state index >= 15 is 0 Å². The third kappa shape index (κ3) is 6.77. The summed E-state index contributed by atoms with van der Waals surface area (Å²) in [6.07, 6.45) is 5.45. The van der Waals surface area contributed by atoms with Gasteiger partial charge in [-0.3, -0.25) is 0 Å². The number of aliphatic hydroxyl groups excluding tert-OH is 2. The summed E-state index contributed by atoms with van der Waals surface area (Å²) in [6, 6.07) is 20.0. The molecule has 0 radical (unpaired) electrons. The van der Waals surface area contributed by atoms with Crippen LogP contribution in [0.4, 0.5) is 0 Å². The van der Waals surface area contributed by atoms with Crippen molar-refractivity contribution in [2.45, 2.75) is 82.2 Å². The number of fused-ring (bicyclic) bond motifs is 4. The van der Waals surface area contributed by atoms with Crippen LogP contribution in [0.15, 0.2) is 66.7 Å². The molecule has 5 unspecified atom stereocenters. The first-order valence-corrected chi connectivity index (χ1v) is 18.8. The number of methoxy groups -OCH3 is 1. The largest absolute Gasteiger partial charge is 0.508 e. The summed E-state index contributed by atoms with van der Waals surface area (Å²) in [5.41, 5.74) is 5.70. The molecule has 8 rings (SSSR count). The molecule has 1 saturated carbocycles. The normalized spacial score (nSPS) is 23.8. The van der Waals surface area contributed by atoms with Crippen LogP contribution in [0, 0.1) is 11.8 Å². The molecule has 0 bridgehead atoms. The molecule has 52 heavy (non-hydrogen) atoms. The first-order chi connectivity index (χ1) is 25.4. The van der Waals surface area contributed by atoms with Crippen molar-refractivity contribution in [3.05, 3.63) is 94.5 Å². The average molecular weight is 709 g/mol. The van der Waals surface area contributed by atoms with Gasteiger partial charge >= 0.3 is 0 Å². The number of hydrogen-bond acceptors (Lipinski definition) is 9. The summed E-state index contributed by atoms with van der Waals surface area (Å²) in [6.45, 7) is 1.38. The van der Waals surface area contributed by atoms with E-state index in [1.54, 1.807) is 37.4 Å². The van der Waals surface area contributed by atoms with Crippen LogP contribution in [0.3, 0.4) is 0 Å². The molecule has 4 aromatic carbocycles. The van der Waals surface area contributed by atoms with Gasteiger partial charge < -0.3 is 44.1 Å². The van der Waals surface area contributed by atoms with Gasteiger partial charge in [0.05, 0.1) is 31.5 Å². The van der Waals surface area contributed by atoms with Crippen LogP contribution in [0.1, 0.15) is 85.0 Å². The second-order valence-electron chi connectivity index (χ2n) is 14.7. The Morgan fingerprint density at radius 3 is 2.48 bits per heavy atom. The monoisotopic (exact) mass is 708 g/mol. The second-order valence-corrected chi connectivity index (χ2v) is 14.7. The van der Waals surface area contributed by atoms with Crippen molar-refractivity contribution in [1.29, 1.82) is 0 Å². The molecular weight excluding hydrogens is 660 g/mol. The van der Waals surface area contributed by atoms with Gasteiger partial charge in [0.2, 0.25) is 0 Å². The Hall–Kier alpha value is -4.44. The van der Waals surface area contributed by atoms with Gasteiger partial charge in [0.25, 0.3) is 0 Å². The van der Waals surface area contributed by atoms with Crippen LogP contribution in [0.5, 0.6) is 34.5 Å². The number of phenolic OH excluding ortho intramolecular Hbond substituents is 2. The molecule has 4 aromatic rings. The van der Waals surface area contributed by atoms with Gasteiger partial charge in [-0.2, -0.15) is 0 Å². The Kier molecular flexibility index (Phi) is 9.92. The van der Waals surface area contributed by atoms with Gasteiger partial charge in [0.1, 0.15) is 40.6 Å². The van der Waals surface area contributed by atoms with Crippen molar-refractivity contribution in [2.24, 2.45) is 11.8 Å². The zero-order valence-corrected chi connectivity index (χ0v) is 29.6. The van der Waals surface area contributed by atoms with Crippen LogP contribution in [0.25, 0.3) is 11.1 Å². The lowest BCUT2D eigenvalue weighted by molar-refractivity contribution is -0.0894. The maximum atomic E-state index is 12.4. The van der Waals surface area contributed by atoms with Gasteiger partial charge in [0, 0.05) is 54.2 Å². The van der Waals surface area contributed by atoms with Gasteiger partial charge in [0.15, 0.2) is 0 Å². The molecule has 4 N–H and O–H groups in total. The molecule has 3 heterocycles. The third-order valence-corrected chi connectivity index (χ3v) is 11.3. The number of ether oxygens (including phenoxy) is 5. The van der Waals surface area contributed by atoms with Crippen molar-refractivity contribution < 1.29 is 44.1 Å². The summed E-state index contributed by atoms with van der Waals surface area (Å²) in [5.74, 6) is 2.04. The number of hydrogen-bond donors (Lipinski definition) is 4. The fourth-order valence-corrected chi connectivity index (χ4v) is 8.89. The molecule has 0 saturated heterocycles. The van der Waals surface area contributed by atoms with Crippen LogP contribution in [-0.2, 0) is 17.6 Å². The first kappa shape index (κ1) is 34.6. The van der Waals surface area contributed by atoms with Crippen molar-refractivity contribution >= 4 is 0 Å². The maximum Gasteiger partial charge on any atom is 0.128 e. The molecule has 5 atom stereocenters. The predicted molar refractivity (Wildman–Crippen MR) is 196 cm³/mol. The number of aliphatic hydroxyl groups is 2. The standard InChI is InChI=1S/C43H48O9/c1-48-17-6-12-37-40(42(47)39-33-11-5-18-49-36(33)15-16-38(39)52-37)35-24-50-43-27(22-31(23-34(43)41(35)46)51-30-9-2-3-10-30)19-26-21-29(45)13-14-32(26)25-7-4-8-28(44)20-25/h4,7-8,13-16,20-23,30,35,37,40-42,44-47H,2-3,5-6,9-12,17-19,24H2,1H3. The molecule has 3 aliphatic heterocycles. The molecule has 4 aliphatic rings. The number of phenols is 2. The van der Waals surface area contributed by atoms with Crippen LogP contribution in [-0.4, -0.2) is 59.6 Å². The summed E-state index contributed by atoms with van der Waals surface area (Å²) >= 11 is 0. The molecule has 0 spiro atoms.